The van der Waals surface area contributed by atoms with Crippen molar-refractivity contribution in [3.05, 3.63) is 69.7 Å². The monoisotopic (exact) mass is 390 g/mol. The Hall–Kier alpha value is -1.55. The van der Waals surface area contributed by atoms with Gasteiger partial charge >= 0.3 is 0 Å². The third-order valence-electron chi connectivity index (χ3n) is 5.28. The van der Waals surface area contributed by atoms with Crippen molar-refractivity contribution in [2.45, 2.75) is 38.8 Å². The van der Waals surface area contributed by atoms with Crippen molar-refractivity contribution in [1.29, 1.82) is 0 Å². The van der Waals surface area contributed by atoms with Crippen LogP contribution in [0.25, 0.3) is 0 Å². The smallest absolute Gasteiger partial charge is 0.0667 e. The average molecular weight is 391 g/mol. The van der Waals surface area contributed by atoms with E-state index in [2.05, 4.69) is 24.3 Å². The molecule has 1 saturated heterocycles. The summed E-state index contributed by atoms with van der Waals surface area (Å²) in [5, 5.41) is 18.8. The maximum atomic E-state index is 9.79. The summed E-state index contributed by atoms with van der Waals surface area (Å²) in [5.41, 5.74) is 3.14. The fourth-order valence-corrected chi connectivity index (χ4v) is 4.23. The molecule has 1 aliphatic heterocycles. The van der Waals surface area contributed by atoms with Crippen LogP contribution in [0, 0.1) is 11.8 Å². The second-order valence-electron chi connectivity index (χ2n) is 6.93. The third kappa shape index (κ3) is 3.90. The van der Waals surface area contributed by atoms with E-state index >= 15 is 0 Å². The lowest BCUT2D eigenvalue weighted by atomic mass is 9.73. The highest BCUT2D eigenvalue weighted by atomic mass is 35.5. The highest BCUT2D eigenvalue weighted by Gasteiger charge is 2.40. The Kier molecular flexibility index (Phi) is 6.23. The molecule has 1 heterocycles. The van der Waals surface area contributed by atoms with E-state index in [9.17, 15) is 5.21 Å². The summed E-state index contributed by atoms with van der Waals surface area (Å²) in [5.74, 6) is 0.228. The fourth-order valence-electron chi connectivity index (χ4n) is 3.98. The number of halogens is 2. The average Bonchev–Trinajstić information content (AvgIpc) is 2.64. The zero-order chi connectivity index (χ0) is 18.7. The SMILES string of the molecule is CCC[C@@H]1/C(=N/O)[C@H](C)[C@@H](c2ccc(Cl)cc2)N[C@@H]1c1ccc(Cl)cc1. The molecule has 0 unspecified atom stereocenters. The summed E-state index contributed by atoms with van der Waals surface area (Å²) >= 11 is 12.1. The highest BCUT2D eigenvalue weighted by Crippen LogP contribution is 2.41. The Morgan fingerprint density at radius 1 is 0.923 bits per heavy atom. The summed E-state index contributed by atoms with van der Waals surface area (Å²) < 4.78 is 0. The number of hydrogen-bond acceptors (Lipinski definition) is 3. The molecule has 0 saturated carbocycles. The van der Waals surface area contributed by atoms with Gasteiger partial charge in [-0.2, -0.15) is 0 Å². The number of oxime groups is 1. The molecule has 0 bridgehead atoms. The second-order valence-corrected chi connectivity index (χ2v) is 7.81. The molecule has 1 aliphatic rings. The summed E-state index contributed by atoms with van der Waals surface area (Å²) in [6, 6.07) is 15.9. The molecule has 1 fully saturated rings. The molecule has 3 rings (SSSR count). The van der Waals surface area contributed by atoms with Gasteiger partial charge in [0.2, 0.25) is 0 Å². The maximum absolute atomic E-state index is 9.79. The largest absolute Gasteiger partial charge is 0.411 e. The Bertz CT molecular complexity index is 759. The van der Waals surface area contributed by atoms with Crippen LogP contribution in [0.5, 0.6) is 0 Å². The zero-order valence-corrected chi connectivity index (χ0v) is 16.5. The first-order valence-corrected chi connectivity index (χ1v) is 9.79. The van der Waals surface area contributed by atoms with Crippen LogP contribution < -0.4 is 5.32 Å². The molecule has 138 valence electrons. The van der Waals surface area contributed by atoms with Crippen LogP contribution in [0.1, 0.15) is 49.9 Å². The van der Waals surface area contributed by atoms with Crippen LogP contribution in [0.15, 0.2) is 53.7 Å². The molecule has 26 heavy (non-hydrogen) atoms. The van der Waals surface area contributed by atoms with Crippen molar-refractivity contribution in [3.63, 3.8) is 0 Å². The van der Waals surface area contributed by atoms with Gasteiger partial charge in [0.15, 0.2) is 0 Å². The Morgan fingerprint density at radius 2 is 1.42 bits per heavy atom. The van der Waals surface area contributed by atoms with E-state index in [-0.39, 0.29) is 23.9 Å². The molecule has 0 amide bonds. The van der Waals surface area contributed by atoms with Gasteiger partial charge < -0.3 is 10.5 Å². The van der Waals surface area contributed by atoms with Gasteiger partial charge in [-0.15, -0.1) is 0 Å². The number of nitrogens with zero attached hydrogens (tertiary/aromatic N) is 1. The molecular formula is C21H24Cl2N2O. The molecule has 3 nitrogen and oxygen atoms in total. The van der Waals surface area contributed by atoms with Crippen molar-refractivity contribution in [2.24, 2.45) is 17.0 Å². The van der Waals surface area contributed by atoms with Gasteiger partial charge in [0.1, 0.15) is 0 Å². The Balaban J connectivity index is 2.01. The Morgan fingerprint density at radius 3 is 1.88 bits per heavy atom. The predicted octanol–water partition coefficient (Wildman–Crippen LogP) is 6.26. The maximum Gasteiger partial charge on any atom is 0.0667 e. The molecule has 2 aromatic rings. The predicted molar refractivity (Wildman–Crippen MR) is 108 cm³/mol. The third-order valence-corrected chi connectivity index (χ3v) is 5.79. The molecule has 2 aromatic carbocycles. The summed E-state index contributed by atoms with van der Waals surface area (Å²) in [4.78, 5) is 0. The molecular weight excluding hydrogens is 367 g/mol. The standard InChI is InChI=1S/C21H24Cl2N2O/c1-3-4-18-20(25-26)13(2)19(14-5-9-16(22)10-6-14)24-21(18)15-7-11-17(23)12-8-15/h5-13,18-19,21,24,26H,3-4H2,1-2H3/b25-20+/t13-,18-,19+,21-/m1/s1. The van der Waals surface area contributed by atoms with E-state index in [1.807, 2.05) is 48.5 Å². The van der Waals surface area contributed by atoms with Crippen LogP contribution in [0.3, 0.4) is 0 Å². The van der Waals surface area contributed by atoms with Crippen LogP contribution >= 0.6 is 23.2 Å². The van der Waals surface area contributed by atoms with Crippen molar-refractivity contribution in [3.8, 4) is 0 Å². The molecule has 2 N–H and O–H groups in total. The van der Waals surface area contributed by atoms with E-state index in [0.29, 0.717) is 5.02 Å². The minimum absolute atomic E-state index is 0.0481. The van der Waals surface area contributed by atoms with Crippen molar-refractivity contribution in [2.75, 3.05) is 0 Å². The van der Waals surface area contributed by atoms with Gasteiger partial charge in [-0.1, -0.05) is 72.9 Å². The van der Waals surface area contributed by atoms with Gasteiger partial charge in [-0.05, 0) is 41.8 Å². The minimum atomic E-state index is 0.0481. The van der Waals surface area contributed by atoms with Crippen molar-refractivity contribution >= 4 is 28.9 Å². The fraction of sp³-hybridized carbons (Fsp3) is 0.381. The summed E-state index contributed by atoms with van der Waals surface area (Å²) in [6.45, 7) is 4.27. The second kappa shape index (κ2) is 8.43. The first kappa shape index (κ1) is 19.2. The van der Waals surface area contributed by atoms with Crippen LogP contribution in [-0.2, 0) is 0 Å². The highest BCUT2D eigenvalue weighted by molar-refractivity contribution is 6.30. The van der Waals surface area contributed by atoms with E-state index in [4.69, 9.17) is 23.2 Å². The van der Waals surface area contributed by atoms with E-state index in [1.165, 1.54) is 0 Å². The molecule has 0 spiro atoms. The van der Waals surface area contributed by atoms with Gasteiger partial charge in [-0.3, -0.25) is 0 Å². The first-order chi connectivity index (χ1) is 12.5. The normalized spacial score (nSPS) is 27.6. The lowest BCUT2D eigenvalue weighted by Gasteiger charge is -2.42. The Labute approximate surface area is 165 Å². The number of nitrogens with one attached hydrogen (secondary N) is 1. The summed E-state index contributed by atoms with van der Waals surface area (Å²) in [7, 11) is 0. The van der Waals surface area contributed by atoms with E-state index in [0.717, 1.165) is 34.7 Å². The van der Waals surface area contributed by atoms with Gasteiger partial charge in [0, 0.05) is 34.0 Å². The van der Waals surface area contributed by atoms with Gasteiger partial charge in [0.25, 0.3) is 0 Å². The van der Waals surface area contributed by atoms with E-state index < -0.39 is 0 Å². The number of rotatable bonds is 4. The van der Waals surface area contributed by atoms with Crippen molar-refractivity contribution < 1.29 is 5.21 Å². The van der Waals surface area contributed by atoms with Gasteiger partial charge in [0.05, 0.1) is 5.71 Å². The van der Waals surface area contributed by atoms with E-state index in [1.54, 1.807) is 0 Å². The quantitative estimate of drug-likeness (QED) is 0.477. The van der Waals surface area contributed by atoms with Gasteiger partial charge in [-0.25, -0.2) is 0 Å². The summed E-state index contributed by atoms with van der Waals surface area (Å²) in [6.07, 6.45) is 1.98. The van der Waals surface area contributed by atoms with Crippen LogP contribution in [-0.4, -0.2) is 10.9 Å². The number of piperidine rings is 1. The lowest BCUT2D eigenvalue weighted by Crippen LogP contribution is -2.47. The number of hydrogen-bond donors (Lipinski definition) is 2. The molecule has 5 heteroatoms. The molecule has 0 aliphatic carbocycles. The van der Waals surface area contributed by atoms with Crippen molar-refractivity contribution in [1.82, 2.24) is 5.32 Å². The number of benzene rings is 2. The molecule has 4 atom stereocenters. The molecule has 0 aromatic heterocycles. The minimum Gasteiger partial charge on any atom is -0.411 e. The van der Waals surface area contributed by atoms with Crippen LogP contribution in [0.2, 0.25) is 10.0 Å². The topological polar surface area (TPSA) is 44.6 Å². The first-order valence-electron chi connectivity index (χ1n) is 9.04. The van der Waals surface area contributed by atoms with Crippen LogP contribution in [0.4, 0.5) is 0 Å². The lowest BCUT2D eigenvalue weighted by molar-refractivity contribution is 0.258. The zero-order valence-electron chi connectivity index (χ0n) is 15.0. The molecule has 0 radical (unpaired) electrons.